The average molecular weight is 293 g/mol. The quantitative estimate of drug-likeness (QED) is 0.906. The molecule has 0 bridgehead atoms. The van der Waals surface area contributed by atoms with Crippen molar-refractivity contribution >= 4 is 0 Å². The average Bonchev–Trinajstić information content (AvgIpc) is 2.83. The Kier molecular flexibility index (Phi) is 4.50. The number of aromatic nitrogens is 2. The summed E-state index contributed by atoms with van der Waals surface area (Å²) < 4.78 is 8.34. The molecule has 1 aromatic rings. The summed E-state index contributed by atoms with van der Waals surface area (Å²) in [6.07, 6.45) is 2.03. The maximum absolute atomic E-state index is 6.30. The monoisotopic (exact) mass is 293 g/mol. The van der Waals surface area contributed by atoms with Crippen LogP contribution in [0.1, 0.15) is 65.4 Å². The van der Waals surface area contributed by atoms with E-state index in [9.17, 15) is 0 Å². The van der Waals surface area contributed by atoms with Crippen LogP contribution in [0.15, 0.2) is 6.07 Å². The lowest BCUT2D eigenvalue weighted by Crippen LogP contribution is -2.39. The van der Waals surface area contributed by atoms with E-state index in [1.165, 1.54) is 5.69 Å². The predicted molar refractivity (Wildman–Crippen MR) is 86.4 cm³/mol. The fourth-order valence-corrected chi connectivity index (χ4v) is 3.80. The molecule has 1 aliphatic heterocycles. The highest BCUT2D eigenvalue weighted by Crippen LogP contribution is 2.47. The van der Waals surface area contributed by atoms with Crippen LogP contribution in [0.2, 0.25) is 0 Å². The van der Waals surface area contributed by atoms with Gasteiger partial charge in [0, 0.05) is 13.0 Å². The van der Waals surface area contributed by atoms with Gasteiger partial charge in [-0.3, -0.25) is 4.68 Å². The highest BCUT2D eigenvalue weighted by Gasteiger charge is 2.49. The van der Waals surface area contributed by atoms with Gasteiger partial charge in [-0.2, -0.15) is 5.10 Å². The van der Waals surface area contributed by atoms with Gasteiger partial charge in [-0.1, -0.05) is 13.8 Å². The summed E-state index contributed by atoms with van der Waals surface area (Å²) in [6, 6.07) is 2.53. The normalized spacial score (nSPS) is 25.2. The lowest BCUT2D eigenvalue weighted by Gasteiger charge is -2.33. The molecule has 120 valence electrons. The Balaban J connectivity index is 2.36. The van der Waals surface area contributed by atoms with E-state index in [2.05, 4.69) is 58.0 Å². The van der Waals surface area contributed by atoms with Crippen LogP contribution in [0.5, 0.6) is 0 Å². The van der Waals surface area contributed by atoms with Crippen molar-refractivity contribution in [2.45, 2.75) is 71.6 Å². The van der Waals surface area contributed by atoms with E-state index in [1.807, 2.05) is 11.7 Å². The van der Waals surface area contributed by atoms with Crippen LogP contribution in [-0.4, -0.2) is 27.5 Å². The first-order valence-corrected chi connectivity index (χ1v) is 8.16. The molecule has 1 aromatic heterocycles. The molecular weight excluding hydrogens is 262 g/mol. The van der Waals surface area contributed by atoms with Gasteiger partial charge >= 0.3 is 0 Å². The Morgan fingerprint density at radius 1 is 1.38 bits per heavy atom. The van der Waals surface area contributed by atoms with Crippen molar-refractivity contribution in [3.63, 3.8) is 0 Å². The number of ether oxygens (including phenoxy) is 1. The van der Waals surface area contributed by atoms with Gasteiger partial charge in [0.05, 0.1) is 28.6 Å². The van der Waals surface area contributed by atoms with E-state index in [-0.39, 0.29) is 17.2 Å². The molecule has 0 radical (unpaired) electrons. The molecule has 0 amide bonds. The number of hydrogen-bond acceptors (Lipinski definition) is 3. The molecule has 2 rings (SSSR count). The molecule has 4 heteroatoms. The molecule has 0 spiro atoms. The second-order valence-electron chi connectivity index (χ2n) is 7.35. The van der Waals surface area contributed by atoms with E-state index < -0.39 is 0 Å². The minimum Gasteiger partial charge on any atom is -0.369 e. The number of aryl methyl sites for hydroxylation is 2. The molecule has 4 nitrogen and oxygen atoms in total. The molecule has 1 N–H and O–H groups in total. The fourth-order valence-electron chi connectivity index (χ4n) is 3.80. The zero-order valence-corrected chi connectivity index (χ0v) is 14.7. The highest BCUT2D eigenvalue weighted by molar-refractivity contribution is 5.18. The smallest absolute Gasteiger partial charge is 0.0681 e. The highest BCUT2D eigenvalue weighted by atomic mass is 16.5. The number of nitrogens with zero attached hydrogens (tertiary/aromatic N) is 2. The van der Waals surface area contributed by atoms with Crippen molar-refractivity contribution in [1.29, 1.82) is 0 Å². The maximum Gasteiger partial charge on any atom is 0.0681 e. The summed E-state index contributed by atoms with van der Waals surface area (Å²) in [6.45, 7) is 14.1. The zero-order valence-electron chi connectivity index (χ0n) is 14.7. The standard InChI is InChI=1S/C17H31N3O/c1-8-12-10-14(20(7)19-12)15(18-9-2)13-11-16(3,4)21-17(13,5)6/h10,13,15,18H,8-9,11H2,1-7H3. The van der Waals surface area contributed by atoms with E-state index >= 15 is 0 Å². The summed E-state index contributed by atoms with van der Waals surface area (Å²) in [7, 11) is 2.05. The number of nitrogens with one attached hydrogen (secondary N) is 1. The molecule has 1 aliphatic rings. The molecule has 2 unspecified atom stereocenters. The summed E-state index contributed by atoms with van der Waals surface area (Å²) in [5.74, 6) is 0.438. The summed E-state index contributed by atoms with van der Waals surface area (Å²) >= 11 is 0. The first-order valence-electron chi connectivity index (χ1n) is 8.16. The van der Waals surface area contributed by atoms with Crippen molar-refractivity contribution < 1.29 is 4.74 Å². The maximum atomic E-state index is 6.30. The van der Waals surface area contributed by atoms with Gasteiger partial charge in [-0.25, -0.2) is 0 Å². The largest absolute Gasteiger partial charge is 0.369 e. The van der Waals surface area contributed by atoms with E-state index in [4.69, 9.17) is 4.74 Å². The molecule has 0 aliphatic carbocycles. The van der Waals surface area contributed by atoms with E-state index in [1.54, 1.807) is 0 Å². The Bertz CT molecular complexity index is 490. The van der Waals surface area contributed by atoms with Crippen LogP contribution in [0.25, 0.3) is 0 Å². The Morgan fingerprint density at radius 2 is 2.05 bits per heavy atom. The number of hydrogen-bond donors (Lipinski definition) is 1. The third-order valence-electron chi connectivity index (χ3n) is 4.62. The molecule has 1 fully saturated rings. The third kappa shape index (κ3) is 3.32. The van der Waals surface area contributed by atoms with Crippen LogP contribution in [-0.2, 0) is 18.2 Å². The van der Waals surface area contributed by atoms with Gasteiger partial charge in [-0.15, -0.1) is 0 Å². The van der Waals surface area contributed by atoms with Crippen molar-refractivity contribution in [1.82, 2.24) is 15.1 Å². The second kappa shape index (κ2) is 5.73. The zero-order chi connectivity index (χ0) is 15.8. The van der Waals surface area contributed by atoms with Crippen LogP contribution in [0.3, 0.4) is 0 Å². The third-order valence-corrected chi connectivity index (χ3v) is 4.62. The summed E-state index contributed by atoms with van der Waals surface area (Å²) in [4.78, 5) is 0. The van der Waals surface area contributed by atoms with Crippen LogP contribution in [0, 0.1) is 5.92 Å². The van der Waals surface area contributed by atoms with E-state index in [0.29, 0.717) is 5.92 Å². The predicted octanol–water partition coefficient (Wildman–Crippen LogP) is 3.23. The lowest BCUT2D eigenvalue weighted by atomic mass is 9.80. The molecule has 1 saturated heterocycles. The van der Waals surface area contributed by atoms with Crippen LogP contribution < -0.4 is 5.32 Å². The van der Waals surface area contributed by atoms with Crippen molar-refractivity contribution in [3.05, 3.63) is 17.5 Å². The second-order valence-corrected chi connectivity index (χ2v) is 7.35. The Hall–Kier alpha value is -0.870. The molecular formula is C17H31N3O. The first kappa shape index (κ1) is 16.5. The SMILES string of the molecule is CCNC(c1cc(CC)nn1C)C1CC(C)(C)OC1(C)C. The Morgan fingerprint density at radius 3 is 2.48 bits per heavy atom. The number of rotatable bonds is 5. The fraction of sp³-hybridized carbons (Fsp3) is 0.824. The van der Waals surface area contributed by atoms with Crippen molar-refractivity contribution in [3.8, 4) is 0 Å². The molecule has 0 saturated carbocycles. The summed E-state index contributed by atoms with van der Waals surface area (Å²) in [5.41, 5.74) is 2.24. The van der Waals surface area contributed by atoms with Gasteiger partial charge in [0.25, 0.3) is 0 Å². The van der Waals surface area contributed by atoms with E-state index in [0.717, 1.165) is 25.1 Å². The lowest BCUT2D eigenvalue weighted by molar-refractivity contribution is -0.0780. The molecule has 2 atom stereocenters. The van der Waals surface area contributed by atoms with Crippen LogP contribution in [0.4, 0.5) is 0 Å². The summed E-state index contributed by atoms with van der Waals surface area (Å²) in [5, 5.41) is 8.30. The van der Waals surface area contributed by atoms with Gasteiger partial charge in [0.2, 0.25) is 0 Å². The van der Waals surface area contributed by atoms with Crippen molar-refractivity contribution in [2.75, 3.05) is 6.54 Å². The van der Waals surface area contributed by atoms with Gasteiger partial charge in [-0.05, 0) is 53.1 Å². The van der Waals surface area contributed by atoms with Gasteiger partial charge in [0.15, 0.2) is 0 Å². The van der Waals surface area contributed by atoms with Crippen LogP contribution >= 0.6 is 0 Å². The molecule has 21 heavy (non-hydrogen) atoms. The minimum atomic E-state index is -0.132. The topological polar surface area (TPSA) is 39.1 Å². The Labute approximate surface area is 129 Å². The van der Waals surface area contributed by atoms with Crippen molar-refractivity contribution in [2.24, 2.45) is 13.0 Å². The molecule has 2 heterocycles. The van der Waals surface area contributed by atoms with Gasteiger partial charge < -0.3 is 10.1 Å². The molecule has 0 aromatic carbocycles. The van der Waals surface area contributed by atoms with Gasteiger partial charge in [0.1, 0.15) is 0 Å². The minimum absolute atomic E-state index is 0.0615. The first-order chi connectivity index (χ1) is 9.70.